The van der Waals surface area contributed by atoms with Crippen molar-refractivity contribution in [1.82, 2.24) is 0 Å². The Labute approximate surface area is 136 Å². The molecule has 0 spiro atoms. The van der Waals surface area contributed by atoms with Crippen LogP contribution in [-0.4, -0.2) is 22.4 Å². The molecule has 0 radical (unpaired) electrons. The summed E-state index contributed by atoms with van der Waals surface area (Å²) in [5.41, 5.74) is 3.19. The van der Waals surface area contributed by atoms with Gasteiger partial charge in [0.25, 0.3) is 0 Å². The fraction of sp³-hybridized carbons (Fsp3) is 0.316. The van der Waals surface area contributed by atoms with E-state index in [1.807, 2.05) is 42.5 Å². The molecule has 122 valence electrons. The van der Waals surface area contributed by atoms with Gasteiger partial charge in [0.2, 0.25) is 0 Å². The molecule has 0 bridgehead atoms. The van der Waals surface area contributed by atoms with Crippen LogP contribution in [0.5, 0.6) is 0 Å². The number of aliphatic hydroxyl groups is 1. The summed E-state index contributed by atoms with van der Waals surface area (Å²) < 4.78 is 0. The molecule has 3 N–H and O–H groups in total. The Morgan fingerprint density at radius 2 is 1.61 bits per heavy atom. The third kappa shape index (κ3) is 6.53. The number of nitrogens with one attached hydrogen (secondary N) is 1. The minimum atomic E-state index is -0.759. The van der Waals surface area contributed by atoms with Crippen LogP contribution in [-0.2, 0) is 17.6 Å². The smallest absolute Gasteiger partial charge is 0.303 e. The molecular formula is C19H23NO3. The van der Waals surface area contributed by atoms with Gasteiger partial charge in [-0.15, -0.1) is 0 Å². The van der Waals surface area contributed by atoms with Gasteiger partial charge in [-0.2, -0.15) is 0 Å². The molecule has 2 rings (SSSR count). The first-order valence-corrected chi connectivity index (χ1v) is 7.93. The highest BCUT2D eigenvalue weighted by atomic mass is 16.4. The largest absolute Gasteiger partial charge is 0.481 e. The van der Waals surface area contributed by atoms with Crippen LogP contribution in [0.4, 0.5) is 5.69 Å². The van der Waals surface area contributed by atoms with Crippen LogP contribution in [0.15, 0.2) is 54.6 Å². The van der Waals surface area contributed by atoms with Crippen molar-refractivity contribution < 1.29 is 15.0 Å². The maximum atomic E-state index is 10.5. The Kier molecular flexibility index (Phi) is 6.63. The summed E-state index contributed by atoms with van der Waals surface area (Å²) in [6.45, 7) is 0. The zero-order chi connectivity index (χ0) is 16.5. The van der Waals surface area contributed by atoms with Gasteiger partial charge in [-0.3, -0.25) is 4.79 Å². The SMILES string of the molecule is O=C(O)CCCc1ccc(NC(O)CCc2ccccc2)cc1. The van der Waals surface area contributed by atoms with E-state index < -0.39 is 12.2 Å². The number of benzene rings is 2. The number of aliphatic carboxylic acids is 1. The first-order chi connectivity index (χ1) is 11.1. The van der Waals surface area contributed by atoms with Gasteiger partial charge in [0, 0.05) is 12.1 Å². The quantitative estimate of drug-likeness (QED) is 0.620. The van der Waals surface area contributed by atoms with Crippen LogP contribution in [0.1, 0.15) is 30.4 Å². The van der Waals surface area contributed by atoms with Crippen molar-refractivity contribution in [2.75, 3.05) is 5.32 Å². The molecule has 23 heavy (non-hydrogen) atoms. The van der Waals surface area contributed by atoms with Gasteiger partial charge < -0.3 is 15.5 Å². The molecule has 2 aromatic rings. The van der Waals surface area contributed by atoms with Gasteiger partial charge in [0.15, 0.2) is 0 Å². The van der Waals surface area contributed by atoms with E-state index in [4.69, 9.17) is 5.11 Å². The van der Waals surface area contributed by atoms with Crippen molar-refractivity contribution in [2.45, 2.75) is 38.3 Å². The Hall–Kier alpha value is -2.33. The monoisotopic (exact) mass is 313 g/mol. The predicted octanol–water partition coefficient (Wildman–Crippen LogP) is 3.46. The number of hydrogen-bond donors (Lipinski definition) is 3. The summed E-state index contributed by atoms with van der Waals surface area (Å²) in [6, 6.07) is 17.9. The summed E-state index contributed by atoms with van der Waals surface area (Å²) in [5, 5.41) is 21.8. The Morgan fingerprint density at radius 3 is 2.26 bits per heavy atom. The third-order valence-corrected chi connectivity index (χ3v) is 3.69. The van der Waals surface area contributed by atoms with Crippen LogP contribution in [0, 0.1) is 0 Å². The molecule has 0 aliphatic heterocycles. The Morgan fingerprint density at radius 1 is 0.957 bits per heavy atom. The zero-order valence-corrected chi connectivity index (χ0v) is 13.1. The van der Waals surface area contributed by atoms with E-state index in [1.54, 1.807) is 0 Å². The van der Waals surface area contributed by atoms with Gasteiger partial charge in [0.1, 0.15) is 6.23 Å². The average Bonchev–Trinajstić information content (AvgIpc) is 2.55. The topological polar surface area (TPSA) is 69.6 Å². The molecule has 1 unspecified atom stereocenters. The average molecular weight is 313 g/mol. The maximum Gasteiger partial charge on any atom is 0.303 e. The molecule has 0 aromatic heterocycles. The lowest BCUT2D eigenvalue weighted by Crippen LogP contribution is -2.19. The lowest BCUT2D eigenvalue weighted by molar-refractivity contribution is -0.137. The molecular weight excluding hydrogens is 290 g/mol. The second-order valence-electron chi connectivity index (χ2n) is 5.63. The first-order valence-electron chi connectivity index (χ1n) is 7.93. The van der Waals surface area contributed by atoms with E-state index in [-0.39, 0.29) is 6.42 Å². The van der Waals surface area contributed by atoms with Gasteiger partial charge in [-0.05, 0) is 48.9 Å². The van der Waals surface area contributed by atoms with Crippen LogP contribution in [0.2, 0.25) is 0 Å². The second-order valence-corrected chi connectivity index (χ2v) is 5.63. The normalized spacial score (nSPS) is 11.9. The number of aryl methyl sites for hydroxylation is 2. The van der Waals surface area contributed by atoms with Crippen LogP contribution in [0.3, 0.4) is 0 Å². The summed E-state index contributed by atoms with van der Waals surface area (Å²) in [7, 11) is 0. The molecule has 0 saturated heterocycles. The number of carbonyl (C=O) groups is 1. The van der Waals surface area contributed by atoms with E-state index in [1.165, 1.54) is 5.56 Å². The number of aliphatic hydroxyl groups excluding tert-OH is 1. The van der Waals surface area contributed by atoms with E-state index in [0.717, 1.165) is 24.1 Å². The molecule has 0 heterocycles. The van der Waals surface area contributed by atoms with Gasteiger partial charge in [-0.25, -0.2) is 0 Å². The van der Waals surface area contributed by atoms with Gasteiger partial charge in [-0.1, -0.05) is 42.5 Å². The lowest BCUT2D eigenvalue weighted by atomic mass is 10.1. The molecule has 1 atom stereocenters. The number of rotatable bonds is 9. The van der Waals surface area contributed by atoms with Gasteiger partial charge >= 0.3 is 5.97 Å². The minimum absolute atomic E-state index is 0.193. The number of carboxylic acid groups (broad SMARTS) is 1. The highest BCUT2D eigenvalue weighted by molar-refractivity contribution is 5.66. The fourth-order valence-corrected chi connectivity index (χ4v) is 2.42. The fourth-order valence-electron chi connectivity index (χ4n) is 2.42. The molecule has 0 aliphatic carbocycles. The lowest BCUT2D eigenvalue weighted by Gasteiger charge is -2.14. The summed E-state index contributed by atoms with van der Waals surface area (Å²) in [5.74, 6) is -0.759. The van der Waals surface area contributed by atoms with Crippen molar-refractivity contribution in [2.24, 2.45) is 0 Å². The number of anilines is 1. The predicted molar refractivity (Wildman–Crippen MR) is 91.4 cm³/mol. The third-order valence-electron chi connectivity index (χ3n) is 3.69. The second kappa shape index (κ2) is 8.96. The number of hydrogen-bond acceptors (Lipinski definition) is 3. The first kappa shape index (κ1) is 17.0. The summed E-state index contributed by atoms with van der Waals surface area (Å²) >= 11 is 0. The van der Waals surface area contributed by atoms with Crippen LogP contribution >= 0.6 is 0 Å². The van der Waals surface area contributed by atoms with Crippen molar-refractivity contribution in [3.8, 4) is 0 Å². The highest BCUT2D eigenvalue weighted by Gasteiger charge is 2.05. The van der Waals surface area contributed by atoms with Crippen molar-refractivity contribution in [3.05, 3.63) is 65.7 Å². The molecule has 0 amide bonds. The summed E-state index contributed by atoms with van der Waals surface area (Å²) in [6.07, 6.45) is 2.46. The molecule has 4 nitrogen and oxygen atoms in total. The Bertz CT molecular complexity index is 596. The van der Waals surface area contributed by atoms with Crippen molar-refractivity contribution in [3.63, 3.8) is 0 Å². The molecule has 0 aliphatic rings. The van der Waals surface area contributed by atoms with Crippen molar-refractivity contribution >= 4 is 11.7 Å². The standard InChI is InChI=1S/C19H23NO3/c21-18(14-11-15-5-2-1-3-6-15)20-17-12-9-16(10-13-17)7-4-8-19(22)23/h1-3,5-6,9-10,12-13,18,20-21H,4,7-8,11,14H2,(H,22,23). The molecule has 2 aromatic carbocycles. The number of carboxylic acids is 1. The van der Waals surface area contributed by atoms with E-state index in [9.17, 15) is 9.90 Å². The molecule has 0 fully saturated rings. The summed E-state index contributed by atoms with van der Waals surface area (Å²) in [4.78, 5) is 10.5. The van der Waals surface area contributed by atoms with Crippen molar-refractivity contribution in [1.29, 1.82) is 0 Å². The molecule has 4 heteroatoms. The maximum absolute atomic E-state index is 10.5. The van der Waals surface area contributed by atoms with E-state index in [0.29, 0.717) is 12.8 Å². The van der Waals surface area contributed by atoms with E-state index >= 15 is 0 Å². The van der Waals surface area contributed by atoms with Crippen LogP contribution in [0.25, 0.3) is 0 Å². The molecule has 0 saturated carbocycles. The van der Waals surface area contributed by atoms with E-state index in [2.05, 4.69) is 17.4 Å². The van der Waals surface area contributed by atoms with Gasteiger partial charge in [0.05, 0.1) is 0 Å². The highest BCUT2D eigenvalue weighted by Crippen LogP contribution is 2.14. The zero-order valence-electron chi connectivity index (χ0n) is 13.1. The minimum Gasteiger partial charge on any atom is -0.481 e. The Balaban J connectivity index is 1.75. The van der Waals surface area contributed by atoms with Crippen LogP contribution < -0.4 is 5.32 Å².